The summed E-state index contributed by atoms with van der Waals surface area (Å²) in [6, 6.07) is 9.11. The molecule has 0 aliphatic rings. The number of aromatic nitrogens is 6. The lowest BCUT2D eigenvalue weighted by Gasteiger charge is -1.98. The van der Waals surface area contributed by atoms with E-state index in [4.69, 9.17) is 4.52 Å². The zero-order valence-corrected chi connectivity index (χ0v) is 14.8. The van der Waals surface area contributed by atoms with Crippen LogP contribution in [0.15, 0.2) is 59.6 Å². The van der Waals surface area contributed by atoms with E-state index in [9.17, 15) is 4.79 Å². The molecular weight excluding hydrogens is 356 g/mol. The molecule has 0 atom stereocenters. The third-order valence-corrected chi connectivity index (χ3v) is 4.55. The molecule has 0 amide bonds. The maximum absolute atomic E-state index is 11.3. The summed E-state index contributed by atoms with van der Waals surface area (Å²) in [6.07, 6.45) is 8.08. The molecule has 1 N–H and O–H groups in total. The Labute approximate surface area is 158 Å². The highest BCUT2D eigenvalue weighted by molar-refractivity contribution is 5.94. The summed E-state index contributed by atoms with van der Waals surface area (Å²) in [5.41, 5.74) is 4.51. The number of hydrogen-bond donors (Lipinski definition) is 1. The first-order valence-electron chi connectivity index (χ1n) is 8.58. The van der Waals surface area contributed by atoms with Gasteiger partial charge in [-0.05, 0) is 12.1 Å². The molecule has 0 saturated heterocycles. The fraction of sp³-hybridized carbons (Fsp3) is 0.0500. The maximum Gasteiger partial charge on any atom is 0.258 e. The Bertz CT molecular complexity index is 1310. The van der Waals surface area contributed by atoms with Crippen molar-refractivity contribution in [2.45, 2.75) is 0 Å². The average Bonchev–Trinajstić information content (AvgIpc) is 3.46. The summed E-state index contributed by atoms with van der Waals surface area (Å²) in [6.45, 7) is 0. The third kappa shape index (κ3) is 2.59. The normalized spacial score (nSPS) is 11.2. The van der Waals surface area contributed by atoms with Crippen LogP contribution in [0, 0.1) is 0 Å². The molecule has 0 radical (unpaired) electrons. The maximum atomic E-state index is 11.3. The molecule has 0 fully saturated rings. The number of pyridine rings is 1. The van der Waals surface area contributed by atoms with Crippen molar-refractivity contribution in [1.82, 2.24) is 29.9 Å². The van der Waals surface area contributed by atoms with Crippen LogP contribution in [0.25, 0.3) is 45.0 Å². The summed E-state index contributed by atoms with van der Waals surface area (Å²) >= 11 is 0. The van der Waals surface area contributed by atoms with Crippen LogP contribution in [-0.2, 0) is 7.05 Å². The van der Waals surface area contributed by atoms with Gasteiger partial charge in [-0.1, -0.05) is 23.4 Å². The van der Waals surface area contributed by atoms with E-state index in [1.807, 2.05) is 25.4 Å². The molecule has 0 bridgehead atoms. The van der Waals surface area contributed by atoms with Crippen molar-refractivity contribution < 1.29 is 9.32 Å². The summed E-state index contributed by atoms with van der Waals surface area (Å²) < 4.78 is 7.16. The number of aromatic amines is 1. The number of H-pyrrole nitrogens is 1. The van der Waals surface area contributed by atoms with Gasteiger partial charge in [0.15, 0.2) is 6.29 Å². The Hall–Kier alpha value is -4.07. The van der Waals surface area contributed by atoms with E-state index >= 15 is 0 Å². The highest BCUT2D eigenvalue weighted by Gasteiger charge is 2.17. The molecule has 5 aromatic rings. The van der Waals surface area contributed by atoms with Crippen LogP contribution in [0.3, 0.4) is 0 Å². The van der Waals surface area contributed by atoms with Crippen LogP contribution in [0.2, 0.25) is 0 Å². The number of fused-ring (bicyclic) bond motifs is 1. The molecule has 0 saturated carbocycles. The molecule has 8 nitrogen and oxygen atoms in total. The van der Waals surface area contributed by atoms with E-state index in [0.717, 1.165) is 34.0 Å². The lowest BCUT2D eigenvalue weighted by atomic mass is 10.1. The van der Waals surface area contributed by atoms with Gasteiger partial charge in [0.1, 0.15) is 5.65 Å². The number of nitrogens with one attached hydrogen (secondary N) is 1. The average molecular weight is 370 g/mol. The van der Waals surface area contributed by atoms with E-state index in [1.165, 1.54) is 0 Å². The van der Waals surface area contributed by atoms with Gasteiger partial charge >= 0.3 is 0 Å². The Morgan fingerprint density at radius 2 is 2.04 bits per heavy atom. The standard InChI is InChI=1S/C20H14N6O2/c1-26-10-14(8-23-26)13-6-16-17(9-22-18(16)21-7-13)19-24-20(28-25-19)15-5-3-2-4-12(15)11-27/h2-11H,1H3,(H,21,22). The molecule has 0 unspecified atom stereocenters. The fourth-order valence-corrected chi connectivity index (χ4v) is 3.15. The van der Waals surface area contributed by atoms with Gasteiger partial charge in [0, 0.05) is 53.3 Å². The van der Waals surface area contributed by atoms with Crippen LogP contribution in [-0.4, -0.2) is 36.2 Å². The number of carbonyl (C=O) groups is 1. The predicted octanol–water partition coefficient (Wildman–Crippen LogP) is 3.49. The number of hydrogen-bond acceptors (Lipinski definition) is 6. The topological polar surface area (TPSA) is 102 Å². The smallest absolute Gasteiger partial charge is 0.258 e. The molecule has 0 aliphatic carbocycles. The molecular formula is C20H14N6O2. The summed E-state index contributed by atoms with van der Waals surface area (Å²) in [4.78, 5) is 23.4. The van der Waals surface area contributed by atoms with Gasteiger partial charge in [-0.3, -0.25) is 9.48 Å². The molecule has 4 heterocycles. The largest absolute Gasteiger partial charge is 0.345 e. The minimum atomic E-state index is 0.295. The Balaban J connectivity index is 1.60. The fourth-order valence-electron chi connectivity index (χ4n) is 3.15. The van der Waals surface area contributed by atoms with Gasteiger partial charge in [-0.2, -0.15) is 10.1 Å². The van der Waals surface area contributed by atoms with Gasteiger partial charge in [0.25, 0.3) is 5.89 Å². The lowest BCUT2D eigenvalue weighted by molar-refractivity contribution is 0.112. The molecule has 28 heavy (non-hydrogen) atoms. The van der Waals surface area contributed by atoms with E-state index in [1.54, 1.807) is 41.5 Å². The van der Waals surface area contributed by atoms with Gasteiger partial charge in [-0.15, -0.1) is 0 Å². The van der Waals surface area contributed by atoms with Gasteiger partial charge in [0.2, 0.25) is 5.82 Å². The summed E-state index contributed by atoms with van der Waals surface area (Å²) in [5, 5.41) is 9.18. The zero-order valence-electron chi connectivity index (χ0n) is 14.8. The molecule has 8 heteroatoms. The second-order valence-electron chi connectivity index (χ2n) is 6.35. The number of aryl methyl sites for hydroxylation is 1. The molecule has 0 spiro atoms. The first kappa shape index (κ1) is 16.1. The quantitative estimate of drug-likeness (QED) is 0.486. The van der Waals surface area contributed by atoms with Crippen molar-refractivity contribution in [1.29, 1.82) is 0 Å². The highest BCUT2D eigenvalue weighted by atomic mass is 16.5. The monoisotopic (exact) mass is 370 g/mol. The zero-order chi connectivity index (χ0) is 19.1. The Kier molecular flexibility index (Phi) is 3.61. The molecule has 5 rings (SSSR count). The van der Waals surface area contributed by atoms with Crippen LogP contribution < -0.4 is 0 Å². The first-order chi connectivity index (χ1) is 13.7. The molecule has 0 aliphatic heterocycles. The van der Waals surface area contributed by atoms with Crippen LogP contribution in [0.1, 0.15) is 10.4 Å². The van der Waals surface area contributed by atoms with Crippen molar-refractivity contribution in [3.63, 3.8) is 0 Å². The Morgan fingerprint density at radius 3 is 2.86 bits per heavy atom. The lowest BCUT2D eigenvalue weighted by Crippen LogP contribution is -1.87. The van der Waals surface area contributed by atoms with Crippen molar-refractivity contribution >= 4 is 17.3 Å². The van der Waals surface area contributed by atoms with E-state index in [0.29, 0.717) is 22.8 Å². The van der Waals surface area contributed by atoms with Crippen LogP contribution in [0.5, 0.6) is 0 Å². The van der Waals surface area contributed by atoms with Gasteiger partial charge < -0.3 is 9.51 Å². The number of rotatable bonds is 4. The molecule has 1 aromatic carbocycles. The Morgan fingerprint density at radius 1 is 1.14 bits per heavy atom. The highest BCUT2D eigenvalue weighted by Crippen LogP contribution is 2.31. The minimum Gasteiger partial charge on any atom is -0.345 e. The summed E-state index contributed by atoms with van der Waals surface area (Å²) in [7, 11) is 1.87. The van der Waals surface area contributed by atoms with Gasteiger partial charge in [-0.25, -0.2) is 4.98 Å². The minimum absolute atomic E-state index is 0.295. The molecule has 4 aromatic heterocycles. The number of benzene rings is 1. The molecule has 136 valence electrons. The predicted molar refractivity (Wildman–Crippen MR) is 102 cm³/mol. The number of aldehydes is 1. The second kappa shape index (κ2) is 6.27. The number of carbonyl (C=O) groups excluding carboxylic acids is 1. The summed E-state index contributed by atoms with van der Waals surface area (Å²) in [5.74, 6) is 0.718. The number of nitrogens with zero attached hydrogens (tertiary/aromatic N) is 5. The van der Waals surface area contributed by atoms with E-state index in [2.05, 4.69) is 25.2 Å². The second-order valence-corrected chi connectivity index (χ2v) is 6.35. The van der Waals surface area contributed by atoms with Crippen molar-refractivity contribution in [2.75, 3.05) is 0 Å². The first-order valence-corrected chi connectivity index (χ1v) is 8.58. The van der Waals surface area contributed by atoms with Crippen molar-refractivity contribution in [3.8, 4) is 34.0 Å². The third-order valence-electron chi connectivity index (χ3n) is 4.55. The van der Waals surface area contributed by atoms with Crippen LogP contribution in [0.4, 0.5) is 0 Å². The van der Waals surface area contributed by atoms with E-state index in [-0.39, 0.29) is 0 Å². The van der Waals surface area contributed by atoms with Crippen molar-refractivity contribution in [3.05, 3.63) is 60.7 Å². The van der Waals surface area contributed by atoms with Crippen molar-refractivity contribution in [2.24, 2.45) is 7.05 Å². The van der Waals surface area contributed by atoms with Gasteiger partial charge in [0.05, 0.1) is 11.8 Å². The SMILES string of the molecule is Cn1cc(-c2cnc3[nH]cc(-c4noc(-c5ccccc5C=O)n4)c3c2)cn1. The van der Waals surface area contributed by atoms with E-state index < -0.39 is 0 Å². The van der Waals surface area contributed by atoms with Crippen LogP contribution >= 0.6 is 0 Å².